The first-order valence-electron chi connectivity index (χ1n) is 14.3. The Bertz CT molecular complexity index is 2060. The Morgan fingerprint density at radius 3 is 1.70 bits per heavy atom. The molecule has 2 heterocycles. The van der Waals surface area contributed by atoms with E-state index in [2.05, 4.69) is 6.07 Å². The van der Waals surface area contributed by atoms with Crippen LogP contribution in [0.25, 0.3) is 65.5 Å². The number of nitrogens with zero attached hydrogens (tertiary/aromatic N) is 3. The van der Waals surface area contributed by atoms with Crippen molar-refractivity contribution in [3.63, 3.8) is 0 Å². The lowest BCUT2D eigenvalue weighted by Gasteiger charge is -2.08. The first kappa shape index (κ1) is 16.9. The molecule has 37 heavy (non-hydrogen) atoms. The molecule has 0 aliphatic rings. The van der Waals surface area contributed by atoms with E-state index in [4.69, 9.17) is 21.8 Å². The molecule has 0 saturated heterocycles. The van der Waals surface area contributed by atoms with E-state index in [9.17, 15) is 0 Å². The number of hydrogen-bond donors (Lipinski definition) is 0. The Morgan fingerprint density at radius 2 is 1.05 bits per heavy atom. The van der Waals surface area contributed by atoms with Crippen molar-refractivity contribution in [2.75, 3.05) is 0 Å². The Hall–Kier alpha value is -4.67. The Morgan fingerprint density at radius 1 is 0.459 bits per heavy atom. The largest absolute Gasteiger partial charge is 0.208 e. The minimum atomic E-state index is -0.396. The number of fused-ring (bicyclic) bond motifs is 3. The normalized spacial score (nSPS) is 13.1. The van der Waals surface area contributed by atoms with Crippen molar-refractivity contribution < 1.29 is 6.85 Å². The zero-order valence-electron chi connectivity index (χ0n) is 24.5. The summed E-state index contributed by atoms with van der Waals surface area (Å²) in [4.78, 5) is 14.5. The highest BCUT2D eigenvalue weighted by molar-refractivity contribution is 7.25. The maximum absolute atomic E-state index is 8.40. The van der Waals surface area contributed by atoms with Gasteiger partial charge in [-0.15, -0.1) is 11.3 Å². The van der Waals surface area contributed by atoms with Crippen LogP contribution in [-0.4, -0.2) is 15.0 Å². The van der Waals surface area contributed by atoms with Gasteiger partial charge >= 0.3 is 0 Å². The van der Waals surface area contributed by atoms with Gasteiger partial charge in [-0.05, 0) is 29.3 Å². The predicted octanol–water partition coefficient (Wildman–Crippen LogP) is 8.91. The topological polar surface area (TPSA) is 38.7 Å². The SMILES string of the molecule is [2H]c1c([2H])c([2H])c(-c2ccc3sc4cc(-c5nc(-c6ccccc6)nc(-c6ccccc6)n5)ccc4c3c2)c([2H])c1[2H]. The van der Waals surface area contributed by atoms with E-state index in [-0.39, 0.29) is 29.7 Å². The van der Waals surface area contributed by atoms with Gasteiger partial charge in [-0.1, -0.05) is 109 Å². The first-order chi connectivity index (χ1) is 20.4. The lowest BCUT2D eigenvalue weighted by atomic mass is 10.0. The fraction of sp³-hybridized carbons (Fsp3) is 0. The third-order valence-electron chi connectivity index (χ3n) is 6.22. The van der Waals surface area contributed by atoms with E-state index in [1.807, 2.05) is 91.0 Å². The summed E-state index contributed by atoms with van der Waals surface area (Å²) in [6, 6.07) is 30.0. The molecule has 2 aromatic heterocycles. The summed E-state index contributed by atoms with van der Waals surface area (Å²) in [5.41, 5.74) is 3.45. The van der Waals surface area contributed by atoms with Gasteiger partial charge in [-0.3, -0.25) is 0 Å². The van der Waals surface area contributed by atoms with Gasteiger partial charge in [0.25, 0.3) is 0 Å². The fourth-order valence-corrected chi connectivity index (χ4v) is 5.53. The van der Waals surface area contributed by atoms with Gasteiger partial charge in [0.15, 0.2) is 17.5 Å². The maximum atomic E-state index is 8.40. The van der Waals surface area contributed by atoms with Crippen LogP contribution in [0, 0.1) is 0 Å². The summed E-state index contributed by atoms with van der Waals surface area (Å²) in [7, 11) is 0. The number of thiophene rings is 1. The van der Waals surface area contributed by atoms with Crippen LogP contribution in [0.5, 0.6) is 0 Å². The molecule has 0 bridgehead atoms. The standard InChI is InChI=1S/C33H21N3S/c1-4-10-22(11-5-1)25-17-19-29-28(20-25)27-18-16-26(21-30(27)37-29)33-35-31(23-12-6-2-7-13-23)34-32(36-33)24-14-8-3-9-15-24/h1-21H/i1D,4D,5D,10D,11D. The van der Waals surface area contributed by atoms with Crippen molar-refractivity contribution >= 4 is 31.5 Å². The smallest absolute Gasteiger partial charge is 0.164 e. The van der Waals surface area contributed by atoms with Crippen molar-refractivity contribution in [3.8, 4) is 45.3 Å². The zero-order chi connectivity index (χ0) is 29.0. The Kier molecular flexibility index (Phi) is 4.15. The van der Waals surface area contributed by atoms with Gasteiger partial charge in [0.05, 0.1) is 6.85 Å². The number of benzene rings is 5. The molecule has 0 saturated carbocycles. The van der Waals surface area contributed by atoms with Crippen LogP contribution >= 0.6 is 11.3 Å². The Labute approximate surface area is 225 Å². The third kappa shape index (κ3) is 4.07. The molecule has 0 spiro atoms. The number of hydrogen-bond acceptors (Lipinski definition) is 4. The lowest BCUT2D eigenvalue weighted by Crippen LogP contribution is -1.99. The molecule has 0 N–H and O–H groups in total. The van der Waals surface area contributed by atoms with E-state index in [0.29, 0.717) is 23.0 Å². The van der Waals surface area contributed by atoms with Crippen molar-refractivity contribution in [2.24, 2.45) is 0 Å². The van der Waals surface area contributed by atoms with Crippen molar-refractivity contribution in [2.45, 2.75) is 0 Å². The highest BCUT2D eigenvalue weighted by Crippen LogP contribution is 2.38. The molecule has 0 unspecified atom stereocenters. The van der Waals surface area contributed by atoms with Gasteiger partial charge < -0.3 is 0 Å². The minimum Gasteiger partial charge on any atom is -0.208 e. The highest BCUT2D eigenvalue weighted by atomic mass is 32.1. The van der Waals surface area contributed by atoms with Gasteiger partial charge in [0.2, 0.25) is 0 Å². The summed E-state index contributed by atoms with van der Waals surface area (Å²) in [5.74, 6) is 1.76. The third-order valence-corrected chi connectivity index (χ3v) is 7.35. The summed E-state index contributed by atoms with van der Waals surface area (Å²) in [6.45, 7) is 0. The Balaban J connectivity index is 1.37. The van der Waals surface area contributed by atoms with E-state index in [1.165, 1.54) is 0 Å². The van der Waals surface area contributed by atoms with Gasteiger partial charge in [-0.25, -0.2) is 15.0 Å². The molecule has 0 fully saturated rings. The van der Waals surface area contributed by atoms with Crippen LogP contribution < -0.4 is 0 Å². The van der Waals surface area contributed by atoms with Crippen LogP contribution in [0.3, 0.4) is 0 Å². The predicted molar refractivity (Wildman–Crippen MR) is 154 cm³/mol. The quantitative estimate of drug-likeness (QED) is 0.244. The molecule has 3 nitrogen and oxygen atoms in total. The molecule has 7 rings (SSSR count). The number of rotatable bonds is 4. The van der Waals surface area contributed by atoms with E-state index >= 15 is 0 Å². The summed E-state index contributed by atoms with van der Waals surface area (Å²) >= 11 is 1.62. The van der Waals surface area contributed by atoms with Gasteiger partial charge in [0.1, 0.15) is 0 Å². The van der Waals surface area contributed by atoms with Crippen LogP contribution in [0.1, 0.15) is 6.85 Å². The average molecular weight is 497 g/mol. The van der Waals surface area contributed by atoms with Gasteiger partial charge in [0, 0.05) is 36.9 Å². The summed E-state index contributed by atoms with van der Waals surface area (Å²) in [5, 5.41) is 1.96. The van der Waals surface area contributed by atoms with Crippen LogP contribution in [0.15, 0.2) is 127 Å². The monoisotopic (exact) mass is 496 g/mol. The highest BCUT2D eigenvalue weighted by Gasteiger charge is 2.14. The van der Waals surface area contributed by atoms with Crippen LogP contribution in [0.2, 0.25) is 0 Å². The zero-order valence-corrected chi connectivity index (χ0v) is 20.3. The number of aromatic nitrogens is 3. The molecule has 0 amide bonds. The molecule has 0 aliphatic heterocycles. The molecule has 0 atom stereocenters. The second-order valence-corrected chi connectivity index (χ2v) is 9.65. The molecular weight excluding hydrogens is 470 g/mol. The fourth-order valence-electron chi connectivity index (χ4n) is 4.40. The molecule has 7 aromatic rings. The molecule has 5 aromatic carbocycles. The molecule has 174 valence electrons. The molecule has 4 heteroatoms. The van der Waals surface area contributed by atoms with Crippen LogP contribution in [-0.2, 0) is 0 Å². The molecule has 0 radical (unpaired) electrons. The van der Waals surface area contributed by atoms with Gasteiger partial charge in [-0.2, -0.15) is 0 Å². The van der Waals surface area contributed by atoms with E-state index < -0.39 is 6.04 Å². The maximum Gasteiger partial charge on any atom is 0.164 e. The summed E-state index contributed by atoms with van der Waals surface area (Å²) < 4.78 is 42.9. The summed E-state index contributed by atoms with van der Waals surface area (Å²) in [6.07, 6.45) is 0. The van der Waals surface area contributed by atoms with Crippen molar-refractivity contribution in [1.29, 1.82) is 0 Å². The van der Waals surface area contributed by atoms with Crippen molar-refractivity contribution in [1.82, 2.24) is 15.0 Å². The molecule has 0 aliphatic carbocycles. The first-order valence-corrected chi connectivity index (χ1v) is 12.6. The minimum absolute atomic E-state index is 0.200. The average Bonchev–Trinajstić information content (AvgIpc) is 3.41. The lowest BCUT2D eigenvalue weighted by molar-refractivity contribution is 1.07. The second kappa shape index (κ2) is 9.08. The van der Waals surface area contributed by atoms with Crippen molar-refractivity contribution in [3.05, 3.63) is 127 Å². The second-order valence-electron chi connectivity index (χ2n) is 8.56. The van der Waals surface area contributed by atoms with E-state index in [1.54, 1.807) is 11.3 Å². The molecular formula is C33H21N3S. The van der Waals surface area contributed by atoms with Crippen LogP contribution in [0.4, 0.5) is 0 Å². The van der Waals surface area contributed by atoms with E-state index in [0.717, 1.165) is 36.9 Å².